The van der Waals surface area contributed by atoms with Crippen LogP contribution in [0.15, 0.2) is 22.6 Å². The molecule has 25 heavy (non-hydrogen) atoms. The van der Waals surface area contributed by atoms with E-state index in [1.165, 1.54) is 29.0 Å². The van der Waals surface area contributed by atoms with Gasteiger partial charge in [0, 0.05) is 39.3 Å². The molecule has 0 saturated carbocycles. The van der Waals surface area contributed by atoms with Crippen LogP contribution in [0.4, 0.5) is 5.13 Å². The number of thiazole rings is 1. The number of nitrogens with zero attached hydrogens (tertiary/aromatic N) is 5. The smallest absolute Gasteiger partial charge is 0.186 e. The Bertz CT molecular complexity index is 695. The SMILES string of the molecule is CN1CCN(/N=C/c2sc(N3CCCCC3)nc2-c2cccs2)CC1. The van der Waals surface area contributed by atoms with Crippen molar-refractivity contribution in [2.24, 2.45) is 5.10 Å². The number of thiophene rings is 1. The average Bonchev–Trinajstić information content (AvgIpc) is 3.31. The number of piperidine rings is 1. The number of anilines is 1. The fourth-order valence-corrected chi connectivity index (χ4v) is 5.05. The molecule has 0 spiro atoms. The van der Waals surface area contributed by atoms with Crippen molar-refractivity contribution >= 4 is 34.0 Å². The van der Waals surface area contributed by atoms with Crippen molar-refractivity contribution in [1.29, 1.82) is 0 Å². The summed E-state index contributed by atoms with van der Waals surface area (Å²) in [5.74, 6) is 0. The molecule has 2 aliphatic heterocycles. The van der Waals surface area contributed by atoms with E-state index in [9.17, 15) is 0 Å². The molecule has 4 rings (SSSR count). The Kier molecular flexibility index (Phi) is 5.33. The Morgan fingerprint density at radius 2 is 1.88 bits per heavy atom. The maximum Gasteiger partial charge on any atom is 0.186 e. The van der Waals surface area contributed by atoms with Crippen LogP contribution >= 0.6 is 22.7 Å². The van der Waals surface area contributed by atoms with Crippen LogP contribution in [-0.2, 0) is 0 Å². The van der Waals surface area contributed by atoms with Gasteiger partial charge in [-0.3, -0.25) is 5.01 Å². The summed E-state index contributed by atoms with van der Waals surface area (Å²) in [6, 6.07) is 4.26. The van der Waals surface area contributed by atoms with Crippen molar-refractivity contribution in [3.8, 4) is 10.6 Å². The van der Waals surface area contributed by atoms with Crippen LogP contribution in [0.25, 0.3) is 10.6 Å². The highest BCUT2D eigenvalue weighted by atomic mass is 32.1. The number of hydrazone groups is 1. The van der Waals surface area contributed by atoms with Crippen molar-refractivity contribution in [3.63, 3.8) is 0 Å². The Labute approximate surface area is 157 Å². The highest BCUT2D eigenvalue weighted by Crippen LogP contribution is 2.35. The summed E-state index contributed by atoms with van der Waals surface area (Å²) in [4.78, 5) is 12.2. The molecule has 2 fully saturated rings. The van der Waals surface area contributed by atoms with Crippen molar-refractivity contribution in [1.82, 2.24) is 14.9 Å². The van der Waals surface area contributed by atoms with Crippen LogP contribution in [0.2, 0.25) is 0 Å². The van der Waals surface area contributed by atoms with Crippen LogP contribution in [0.5, 0.6) is 0 Å². The van der Waals surface area contributed by atoms with Crippen LogP contribution in [0.1, 0.15) is 24.1 Å². The maximum absolute atomic E-state index is 4.99. The van der Waals surface area contributed by atoms with Crippen molar-refractivity contribution in [2.45, 2.75) is 19.3 Å². The number of hydrogen-bond acceptors (Lipinski definition) is 7. The van der Waals surface area contributed by atoms with Gasteiger partial charge in [-0.2, -0.15) is 5.10 Å². The molecule has 2 aromatic rings. The van der Waals surface area contributed by atoms with Gasteiger partial charge in [0.05, 0.1) is 16.0 Å². The quantitative estimate of drug-likeness (QED) is 0.767. The first-order valence-corrected chi connectivity index (χ1v) is 10.8. The minimum atomic E-state index is 0.999. The molecule has 0 unspecified atom stereocenters. The molecule has 134 valence electrons. The molecule has 0 bridgehead atoms. The van der Waals surface area contributed by atoms with Crippen LogP contribution in [-0.4, -0.2) is 67.4 Å². The second kappa shape index (κ2) is 7.85. The van der Waals surface area contributed by atoms with Crippen molar-refractivity contribution in [2.75, 3.05) is 51.2 Å². The lowest BCUT2D eigenvalue weighted by molar-refractivity contribution is 0.159. The molecule has 0 atom stereocenters. The number of hydrogen-bond donors (Lipinski definition) is 0. The molecule has 2 aliphatic rings. The molecule has 0 amide bonds. The molecule has 2 saturated heterocycles. The second-order valence-electron chi connectivity index (χ2n) is 6.74. The molecule has 2 aromatic heterocycles. The summed E-state index contributed by atoms with van der Waals surface area (Å²) < 4.78 is 0. The first-order valence-electron chi connectivity index (χ1n) is 9.07. The number of piperazine rings is 1. The summed E-state index contributed by atoms with van der Waals surface area (Å²) in [7, 11) is 2.17. The maximum atomic E-state index is 4.99. The normalized spacial score (nSPS) is 19.9. The lowest BCUT2D eigenvalue weighted by Gasteiger charge is -2.30. The van der Waals surface area contributed by atoms with Gasteiger partial charge in [0.1, 0.15) is 5.69 Å². The highest BCUT2D eigenvalue weighted by molar-refractivity contribution is 7.18. The Hall–Kier alpha value is -1.44. The van der Waals surface area contributed by atoms with E-state index in [1.807, 2.05) is 6.21 Å². The Morgan fingerprint density at radius 3 is 2.60 bits per heavy atom. The molecule has 4 heterocycles. The molecular weight excluding hydrogens is 350 g/mol. The molecule has 0 radical (unpaired) electrons. The van der Waals surface area contributed by atoms with E-state index in [0.717, 1.165) is 50.1 Å². The van der Waals surface area contributed by atoms with E-state index >= 15 is 0 Å². The Balaban J connectivity index is 1.57. The third-order valence-electron chi connectivity index (χ3n) is 4.84. The summed E-state index contributed by atoms with van der Waals surface area (Å²) in [5.41, 5.74) is 1.10. The zero-order valence-corrected chi connectivity index (χ0v) is 16.4. The van der Waals surface area contributed by atoms with Crippen molar-refractivity contribution in [3.05, 3.63) is 22.4 Å². The molecule has 5 nitrogen and oxygen atoms in total. The fourth-order valence-electron chi connectivity index (χ4n) is 3.26. The first-order chi connectivity index (χ1) is 12.3. The molecule has 0 aromatic carbocycles. The van der Waals surface area contributed by atoms with Gasteiger partial charge in [-0.25, -0.2) is 4.98 Å². The largest absolute Gasteiger partial charge is 0.348 e. The van der Waals surface area contributed by atoms with Gasteiger partial charge in [0.15, 0.2) is 5.13 Å². The standard InChI is InChI=1S/C18H25N5S2/c1-21-9-11-23(12-10-21)19-14-16-17(15-6-5-13-24-15)20-18(25-16)22-7-3-2-4-8-22/h5-6,13-14H,2-4,7-12H2,1H3/b19-14+. The third-order valence-corrected chi connectivity index (χ3v) is 6.77. The van der Waals surface area contributed by atoms with Gasteiger partial charge < -0.3 is 9.80 Å². The van der Waals surface area contributed by atoms with Gasteiger partial charge in [-0.15, -0.1) is 11.3 Å². The lowest BCUT2D eigenvalue weighted by atomic mass is 10.1. The monoisotopic (exact) mass is 375 g/mol. The summed E-state index contributed by atoms with van der Waals surface area (Å²) in [6.45, 7) is 6.42. The lowest BCUT2D eigenvalue weighted by Crippen LogP contribution is -2.41. The number of aromatic nitrogens is 1. The predicted molar refractivity (Wildman–Crippen MR) is 108 cm³/mol. The Morgan fingerprint density at radius 1 is 1.08 bits per heavy atom. The fraction of sp³-hybridized carbons (Fsp3) is 0.556. The first kappa shape index (κ1) is 17.0. The predicted octanol–water partition coefficient (Wildman–Crippen LogP) is 3.44. The number of likely N-dealkylation sites (N-methyl/N-ethyl adjacent to an activating group) is 1. The highest BCUT2D eigenvalue weighted by Gasteiger charge is 2.19. The zero-order valence-electron chi connectivity index (χ0n) is 14.7. The van der Waals surface area contributed by atoms with Gasteiger partial charge in [0.2, 0.25) is 0 Å². The van der Waals surface area contributed by atoms with Gasteiger partial charge in [-0.05, 0) is 37.8 Å². The van der Waals surface area contributed by atoms with E-state index in [4.69, 9.17) is 10.1 Å². The van der Waals surface area contributed by atoms with Gasteiger partial charge in [0.25, 0.3) is 0 Å². The zero-order chi connectivity index (χ0) is 17.1. The topological polar surface area (TPSA) is 35.0 Å². The van der Waals surface area contributed by atoms with Crippen LogP contribution in [0.3, 0.4) is 0 Å². The van der Waals surface area contributed by atoms with E-state index in [0.29, 0.717) is 0 Å². The van der Waals surface area contributed by atoms with Crippen molar-refractivity contribution < 1.29 is 0 Å². The minimum Gasteiger partial charge on any atom is -0.348 e. The van der Waals surface area contributed by atoms with Gasteiger partial charge in [-0.1, -0.05) is 17.4 Å². The van der Waals surface area contributed by atoms with Crippen LogP contribution in [0, 0.1) is 0 Å². The minimum absolute atomic E-state index is 0.999. The third kappa shape index (κ3) is 4.04. The van der Waals surface area contributed by atoms with Gasteiger partial charge >= 0.3 is 0 Å². The summed E-state index contributed by atoms with van der Waals surface area (Å²) >= 11 is 3.54. The molecule has 0 aliphatic carbocycles. The average molecular weight is 376 g/mol. The second-order valence-corrected chi connectivity index (χ2v) is 8.69. The van der Waals surface area contributed by atoms with E-state index in [1.54, 1.807) is 22.7 Å². The molecular formula is C18H25N5S2. The summed E-state index contributed by atoms with van der Waals surface area (Å²) in [6.07, 6.45) is 5.93. The van der Waals surface area contributed by atoms with E-state index in [-0.39, 0.29) is 0 Å². The van der Waals surface area contributed by atoms with E-state index in [2.05, 4.69) is 39.4 Å². The number of rotatable bonds is 4. The molecule has 7 heteroatoms. The summed E-state index contributed by atoms with van der Waals surface area (Å²) in [5, 5.41) is 10.2. The molecule has 0 N–H and O–H groups in total. The van der Waals surface area contributed by atoms with Crippen LogP contribution < -0.4 is 4.90 Å². The van der Waals surface area contributed by atoms with E-state index < -0.39 is 0 Å².